The van der Waals surface area contributed by atoms with E-state index in [4.69, 9.17) is 4.74 Å². The quantitative estimate of drug-likeness (QED) is 0.748. The van der Waals surface area contributed by atoms with E-state index in [1.165, 1.54) is 4.31 Å². The van der Waals surface area contributed by atoms with Gasteiger partial charge in [-0.3, -0.25) is 4.90 Å². The second kappa shape index (κ2) is 7.23. The van der Waals surface area contributed by atoms with Gasteiger partial charge >= 0.3 is 0 Å². The van der Waals surface area contributed by atoms with Crippen molar-refractivity contribution in [2.24, 2.45) is 0 Å². The molecule has 0 N–H and O–H groups in total. The van der Waals surface area contributed by atoms with Crippen molar-refractivity contribution in [1.82, 2.24) is 9.21 Å². The highest BCUT2D eigenvalue weighted by Crippen LogP contribution is 2.11. The molecule has 0 radical (unpaired) electrons. The van der Waals surface area contributed by atoms with Gasteiger partial charge in [-0.15, -0.1) is 0 Å². The summed E-state index contributed by atoms with van der Waals surface area (Å²) in [5.74, 6) is 0. The summed E-state index contributed by atoms with van der Waals surface area (Å²) in [5.41, 5.74) is 0. The van der Waals surface area contributed by atoms with Crippen molar-refractivity contribution in [3.63, 3.8) is 0 Å². The molecule has 5 nitrogen and oxygen atoms in total. The Hall–Kier alpha value is -0.430. The molecule has 0 spiro atoms. The fourth-order valence-corrected chi connectivity index (χ4v) is 3.14. The lowest BCUT2D eigenvalue weighted by atomic mass is 10.2. The van der Waals surface area contributed by atoms with Gasteiger partial charge in [0, 0.05) is 38.2 Å². The number of methoxy groups -OCH3 is 1. The topological polar surface area (TPSA) is 49.9 Å². The van der Waals surface area contributed by atoms with E-state index in [0.29, 0.717) is 25.7 Å². The van der Waals surface area contributed by atoms with Crippen LogP contribution in [0.2, 0.25) is 0 Å². The van der Waals surface area contributed by atoms with Gasteiger partial charge in [-0.05, 0) is 26.3 Å². The van der Waals surface area contributed by atoms with Crippen molar-refractivity contribution in [1.29, 1.82) is 0 Å². The van der Waals surface area contributed by atoms with Gasteiger partial charge in [-0.2, -0.15) is 4.31 Å². The summed E-state index contributed by atoms with van der Waals surface area (Å²) in [6, 6.07) is 0.321. The van der Waals surface area contributed by atoms with Crippen molar-refractivity contribution >= 4 is 10.0 Å². The van der Waals surface area contributed by atoms with E-state index in [-0.39, 0.29) is 0 Å². The molecule has 0 aliphatic carbocycles. The zero-order valence-corrected chi connectivity index (χ0v) is 12.2. The Morgan fingerprint density at radius 3 is 2.56 bits per heavy atom. The Bertz CT molecular complexity index is 356. The molecule has 1 fully saturated rings. The normalized spacial score (nSPS) is 22.1. The molecular weight excluding hydrogens is 252 g/mol. The van der Waals surface area contributed by atoms with Crippen LogP contribution in [0.3, 0.4) is 0 Å². The van der Waals surface area contributed by atoms with Crippen LogP contribution in [-0.2, 0) is 14.8 Å². The Balaban J connectivity index is 2.63. The highest BCUT2D eigenvalue weighted by molar-refractivity contribution is 7.92. The minimum absolute atomic E-state index is 0.321. The summed E-state index contributed by atoms with van der Waals surface area (Å²) in [7, 11) is -1.59. The number of nitrogens with zero attached hydrogens (tertiary/aromatic N) is 2. The average molecular weight is 276 g/mol. The Kier molecular flexibility index (Phi) is 6.28. The van der Waals surface area contributed by atoms with Gasteiger partial charge in [0.1, 0.15) is 0 Å². The SMILES string of the molecule is C=CS(=O)(=O)N1CCCCN([C@@H](C)COC)CC1. The van der Waals surface area contributed by atoms with Crippen molar-refractivity contribution in [3.05, 3.63) is 12.0 Å². The van der Waals surface area contributed by atoms with E-state index in [9.17, 15) is 8.42 Å². The van der Waals surface area contributed by atoms with Crippen molar-refractivity contribution < 1.29 is 13.2 Å². The smallest absolute Gasteiger partial charge is 0.235 e. The Morgan fingerprint density at radius 1 is 1.28 bits per heavy atom. The summed E-state index contributed by atoms with van der Waals surface area (Å²) in [5, 5.41) is 1.04. The molecule has 18 heavy (non-hydrogen) atoms. The van der Waals surface area contributed by atoms with E-state index in [0.717, 1.165) is 31.3 Å². The van der Waals surface area contributed by atoms with Gasteiger partial charge in [0.2, 0.25) is 10.0 Å². The molecule has 1 atom stereocenters. The maximum Gasteiger partial charge on any atom is 0.235 e. The highest BCUT2D eigenvalue weighted by Gasteiger charge is 2.23. The summed E-state index contributed by atoms with van der Waals surface area (Å²) in [6.07, 6.45) is 1.90. The molecular formula is C12H24N2O3S. The van der Waals surface area contributed by atoms with Crippen molar-refractivity contribution in [2.45, 2.75) is 25.8 Å². The third-order valence-corrected chi connectivity index (χ3v) is 4.85. The summed E-state index contributed by atoms with van der Waals surface area (Å²) in [4.78, 5) is 2.29. The first-order valence-electron chi connectivity index (χ1n) is 6.37. The number of ether oxygens (including phenoxy) is 1. The lowest BCUT2D eigenvalue weighted by Gasteiger charge is -2.33. The molecule has 0 aromatic carbocycles. The number of rotatable bonds is 5. The van der Waals surface area contributed by atoms with Gasteiger partial charge in [-0.1, -0.05) is 6.58 Å². The van der Waals surface area contributed by atoms with E-state index >= 15 is 0 Å². The number of hydrogen-bond acceptors (Lipinski definition) is 4. The lowest BCUT2D eigenvalue weighted by molar-refractivity contribution is 0.0897. The fourth-order valence-electron chi connectivity index (χ4n) is 2.21. The monoisotopic (exact) mass is 276 g/mol. The van der Waals surface area contributed by atoms with E-state index in [2.05, 4.69) is 18.4 Å². The predicted octanol–water partition coefficient (Wildman–Crippen LogP) is 0.892. The molecule has 0 saturated carbocycles. The van der Waals surface area contributed by atoms with E-state index in [1.807, 2.05) is 0 Å². The molecule has 0 bridgehead atoms. The molecule has 0 aromatic rings. The van der Waals surface area contributed by atoms with Crippen molar-refractivity contribution in [2.75, 3.05) is 39.9 Å². The van der Waals surface area contributed by atoms with E-state index in [1.54, 1.807) is 7.11 Å². The number of sulfonamides is 1. The first kappa shape index (κ1) is 15.6. The lowest BCUT2D eigenvalue weighted by Crippen LogP contribution is -2.45. The molecule has 0 aromatic heterocycles. The number of hydrogen-bond donors (Lipinski definition) is 0. The molecule has 1 rings (SSSR count). The maximum absolute atomic E-state index is 11.8. The molecule has 1 aliphatic rings. The van der Waals surface area contributed by atoms with Gasteiger partial charge in [0.15, 0.2) is 0 Å². The van der Waals surface area contributed by atoms with Crippen LogP contribution in [0.4, 0.5) is 0 Å². The Morgan fingerprint density at radius 2 is 1.94 bits per heavy atom. The molecule has 0 unspecified atom stereocenters. The summed E-state index contributed by atoms with van der Waals surface area (Å²) in [6.45, 7) is 9.05. The molecule has 1 aliphatic heterocycles. The van der Waals surface area contributed by atoms with Crippen LogP contribution in [0.5, 0.6) is 0 Å². The standard InChI is InChI=1S/C12H24N2O3S/c1-4-18(15,16)14-8-6-5-7-13(9-10-14)12(2)11-17-3/h4,12H,1,5-11H2,2-3H3/t12-/m0/s1. The third-order valence-electron chi connectivity index (χ3n) is 3.34. The van der Waals surface area contributed by atoms with E-state index < -0.39 is 10.0 Å². The van der Waals surface area contributed by atoms with Crippen molar-refractivity contribution in [3.8, 4) is 0 Å². The first-order chi connectivity index (χ1) is 8.51. The Labute approximate surface area is 110 Å². The molecule has 1 heterocycles. The van der Waals surface area contributed by atoms with Crippen LogP contribution in [0.15, 0.2) is 12.0 Å². The largest absolute Gasteiger partial charge is 0.383 e. The molecule has 1 saturated heterocycles. The average Bonchev–Trinajstić information content (AvgIpc) is 2.28. The summed E-state index contributed by atoms with van der Waals surface area (Å²) < 4.78 is 30.2. The summed E-state index contributed by atoms with van der Waals surface area (Å²) >= 11 is 0. The fraction of sp³-hybridized carbons (Fsp3) is 0.833. The minimum Gasteiger partial charge on any atom is -0.383 e. The van der Waals surface area contributed by atoms with Gasteiger partial charge in [0.05, 0.1) is 6.61 Å². The zero-order chi connectivity index (χ0) is 13.6. The second-order valence-electron chi connectivity index (χ2n) is 4.66. The van der Waals surface area contributed by atoms with Crippen LogP contribution in [-0.4, -0.2) is 63.6 Å². The molecule has 6 heteroatoms. The first-order valence-corrected chi connectivity index (χ1v) is 7.87. The van der Waals surface area contributed by atoms with Crippen LogP contribution in [0.1, 0.15) is 19.8 Å². The van der Waals surface area contributed by atoms with Crippen LogP contribution in [0, 0.1) is 0 Å². The second-order valence-corrected chi connectivity index (χ2v) is 6.54. The van der Waals surface area contributed by atoms with Crippen LogP contribution >= 0.6 is 0 Å². The van der Waals surface area contributed by atoms with Crippen LogP contribution < -0.4 is 0 Å². The third kappa shape index (κ3) is 4.35. The molecule has 0 amide bonds. The maximum atomic E-state index is 11.8. The van der Waals surface area contributed by atoms with Gasteiger partial charge < -0.3 is 4.74 Å². The predicted molar refractivity (Wildman–Crippen MR) is 72.8 cm³/mol. The zero-order valence-electron chi connectivity index (χ0n) is 11.3. The van der Waals surface area contributed by atoms with Gasteiger partial charge in [0.25, 0.3) is 0 Å². The van der Waals surface area contributed by atoms with Gasteiger partial charge in [-0.25, -0.2) is 8.42 Å². The molecule has 106 valence electrons. The van der Waals surface area contributed by atoms with Crippen LogP contribution in [0.25, 0.3) is 0 Å². The highest BCUT2D eigenvalue weighted by atomic mass is 32.2. The minimum atomic E-state index is -3.28.